The predicted octanol–water partition coefficient (Wildman–Crippen LogP) is 18.6. The van der Waals surface area contributed by atoms with E-state index >= 15 is 0 Å². The Morgan fingerprint density at radius 1 is 0.305 bits per heavy atom. The van der Waals surface area contributed by atoms with E-state index in [1.165, 1.54) is 16.9 Å². The molecule has 0 saturated heterocycles. The van der Waals surface area contributed by atoms with E-state index in [4.69, 9.17) is 37.3 Å². The van der Waals surface area contributed by atoms with Crippen LogP contribution in [0.25, 0.3) is 170 Å². The summed E-state index contributed by atoms with van der Waals surface area (Å²) in [6.45, 7) is 4.00. The molecular weight excluding hydrogens is 1240 g/mol. The molecule has 0 aliphatic heterocycles. The fraction of sp³-hybridized carbons (Fsp3) is 0.0541. The fourth-order valence-electron chi connectivity index (χ4n) is 12.8. The minimum Gasteiger partial charge on any atom is -0.416 e. The van der Waals surface area contributed by atoms with Crippen molar-refractivity contribution in [1.82, 2.24) is 72.7 Å². The first-order chi connectivity index (χ1) is 48.0. The van der Waals surface area contributed by atoms with Gasteiger partial charge in [-0.2, -0.15) is 0 Å². The quantitative estimate of drug-likeness (QED) is 0.153. The van der Waals surface area contributed by atoms with E-state index in [1.54, 1.807) is 34.8 Å². The second kappa shape index (κ2) is 21.3. The van der Waals surface area contributed by atoms with Gasteiger partial charge >= 0.3 is 6.01 Å². The second-order valence-electron chi connectivity index (χ2n) is 23.0. The highest BCUT2D eigenvalue weighted by Crippen LogP contribution is 2.43. The van der Waals surface area contributed by atoms with Crippen molar-refractivity contribution in [1.29, 1.82) is 0 Å². The summed E-state index contributed by atoms with van der Waals surface area (Å²) in [4.78, 5) is 22.0. The third-order valence-electron chi connectivity index (χ3n) is 17.3. The van der Waals surface area contributed by atoms with Crippen molar-refractivity contribution >= 4 is 140 Å². The van der Waals surface area contributed by atoms with Gasteiger partial charge in [-0.05, 0) is 147 Å². The van der Waals surface area contributed by atoms with E-state index in [0.29, 0.717) is 45.9 Å². The SMILES string of the molecule is Cc1cccc2c1nc1n(-c3nnc(-c4ccccc4)o3)c3ccccc3n21.Cc1cccc2c1nc1sc3c(-c4nnc(-c5ccccc5)o4)cccc3n12.[2H]C([2H])([2H])c1cccc2c1nc1sc3c(-c4nnc(-c5cccc6c5sc5nc7c(C)cccc7n56)o4)cccc3n12. The summed E-state index contributed by atoms with van der Waals surface area (Å²) in [5.74, 6) is 3.13. The number of para-hydroxylation sites is 6. The number of rotatable bonds is 6. The predicted molar refractivity (Wildman–Crippen MR) is 377 cm³/mol. The molecule has 21 aromatic rings. The molecule has 21 heteroatoms. The smallest absolute Gasteiger partial charge is 0.330 e. The lowest BCUT2D eigenvalue weighted by Gasteiger charge is -2.00. The molecule has 0 saturated carbocycles. The van der Waals surface area contributed by atoms with Gasteiger partial charge in [0.1, 0.15) is 0 Å². The minimum atomic E-state index is -2.24. The standard InChI is InChI=1S/C30H18N6OS2.C22H15N5O.C22H14N4OS/c1-15-7-3-11-19-23(15)31-29-35(19)21-13-5-9-17(25(21)38-29)27-33-34-28(37-27)18-10-6-14-22-26(18)39-30-32-24-16(2)8-4-12-20(24)36(22)30;1-14-8-7-13-18-19(14)23-21-26(18)16-11-5-6-12-17(16)27(21)22-25-24-20(28-22)15-9-3-2-4-10-15;1-13-7-5-11-16-18(13)23-22-26(16)17-12-6-10-15(19(17)28-22)21-25-24-20(27-21)14-8-3-2-4-9-14/h3-14H,1-2H3;2-13H,1H3;2-12H,1H3/i1D3;;. The minimum absolute atomic E-state index is 0.250. The van der Waals surface area contributed by atoms with Crippen molar-refractivity contribution in [3.05, 3.63) is 235 Å². The summed E-state index contributed by atoms with van der Waals surface area (Å²) in [5.41, 5.74) is 20.7. The zero-order valence-electron chi connectivity index (χ0n) is 53.4. The molecule has 0 unspecified atom stereocenters. The Hall–Kier alpha value is -12.0. The largest absolute Gasteiger partial charge is 0.416 e. The first-order valence-corrected chi connectivity index (χ1v) is 32.8. The highest BCUT2D eigenvalue weighted by molar-refractivity contribution is 7.25. The van der Waals surface area contributed by atoms with Crippen molar-refractivity contribution in [2.24, 2.45) is 0 Å². The molecule has 0 aliphatic carbocycles. The van der Waals surface area contributed by atoms with Crippen LogP contribution in [0.1, 0.15) is 26.4 Å². The molecule has 21 rings (SSSR count). The summed E-state index contributed by atoms with van der Waals surface area (Å²) in [5, 5.41) is 26.0. The first kappa shape index (κ1) is 51.6. The lowest BCUT2D eigenvalue weighted by Crippen LogP contribution is -1.95. The number of aryl methyl sites for hydroxylation is 4. The molecule has 0 radical (unpaired) electrons. The third kappa shape index (κ3) is 8.52. The Labute approximate surface area is 552 Å². The maximum Gasteiger partial charge on any atom is 0.330 e. The zero-order valence-corrected chi connectivity index (χ0v) is 52.8. The van der Waals surface area contributed by atoms with Gasteiger partial charge in [0.25, 0.3) is 0 Å². The van der Waals surface area contributed by atoms with Crippen molar-refractivity contribution < 1.29 is 17.4 Å². The lowest BCUT2D eigenvalue weighted by molar-refractivity contribution is 0.544. The molecule has 95 heavy (non-hydrogen) atoms. The van der Waals surface area contributed by atoms with Gasteiger partial charge in [-0.25, -0.2) is 24.5 Å². The van der Waals surface area contributed by atoms with Crippen molar-refractivity contribution in [3.8, 4) is 63.3 Å². The number of nitrogens with zero attached hydrogens (tertiary/aromatic N) is 15. The molecule has 454 valence electrons. The normalized spacial score (nSPS) is 12.6. The monoisotopic (exact) mass is 1290 g/mol. The summed E-state index contributed by atoms with van der Waals surface area (Å²) in [7, 11) is 0. The fourth-order valence-corrected chi connectivity index (χ4v) is 16.3. The topological polar surface area (TPSA) is 191 Å². The summed E-state index contributed by atoms with van der Waals surface area (Å²) >= 11 is 4.73. The van der Waals surface area contributed by atoms with E-state index in [1.807, 2.05) is 136 Å². The zero-order chi connectivity index (χ0) is 65.7. The van der Waals surface area contributed by atoms with Crippen molar-refractivity contribution in [3.63, 3.8) is 0 Å². The molecule has 0 spiro atoms. The van der Waals surface area contributed by atoms with Crippen LogP contribution in [0.3, 0.4) is 0 Å². The van der Waals surface area contributed by atoms with E-state index < -0.39 is 6.85 Å². The van der Waals surface area contributed by atoms with E-state index in [9.17, 15) is 0 Å². The molecule has 18 nitrogen and oxygen atoms in total. The maximum absolute atomic E-state index is 7.94. The summed E-state index contributed by atoms with van der Waals surface area (Å²) < 4.78 is 55.7. The molecule has 0 N–H and O–H groups in total. The van der Waals surface area contributed by atoms with Crippen LogP contribution < -0.4 is 0 Å². The number of aromatic nitrogens is 15. The Morgan fingerprint density at radius 3 is 1.13 bits per heavy atom. The second-order valence-corrected chi connectivity index (χ2v) is 25.9. The van der Waals surface area contributed by atoms with Crippen LogP contribution >= 0.6 is 34.0 Å². The number of fused-ring (bicyclic) bond motifs is 20. The maximum atomic E-state index is 7.94. The number of imidazole rings is 5. The third-order valence-corrected chi connectivity index (χ3v) is 20.5. The molecule has 0 atom stereocenters. The van der Waals surface area contributed by atoms with E-state index in [2.05, 4.69) is 137 Å². The Balaban J connectivity index is 0.000000106. The van der Waals surface area contributed by atoms with Crippen LogP contribution in [0.15, 0.2) is 226 Å². The van der Waals surface area contributed by atoms with Crippen LogP contribution in [0, 0.1) is 27.6 Å². The van der Waals surface area contributed by atoms with E-state index in [0.717, 1.165) is 135 Å². The van der Waals surface area contributed by atoms with Crippen LogP contribution in [0.2, 0.25) is 0 Å². The molecule has 0 bridgehead atoms. The number of hydrogen-bond donors (Lipinski definition) is 0. The number of thiazole rings is 3. The van der Waals surface area contributed by atoms with Gasteiger partial charge in [0.05, 0.1) is 103 Å². The van der Waals surface area contributed by atoms with Crippen molar-refractivity contribution in [2.75, 3.05) is 0 Å². The molecule has 11 aromatic heterocycles. The van der Waals surface area contributed by atoms with Crippen LogP contribution in [0.5, 0.6) is 0 Å². The molecule has 11 heterocycles. The number of benzene rings is 10. The molecular formula is C74H47N15O3S3. The number of hydrogen-bond acceptors (Lipinski definition) is 16. The van der Waals surface area contributed by atoms with Gasteiger partial charge in [-0.3, -0.25) is 17.6 Å². The average molecular weight is 1290 g/mol. The van der Waals surface area contributed by atoms with Gasteiger partial charge in [0.2, 0.25) is 35.2 Å². The summed E-state index contributed by atoms with van der Waals surface area (Å²) in [6.07, 6.45) is 0. The average Bonchev–Trinajstić information content (AvgIpc) is 1.59. The van der Waals surface area contributed by atoms with Gasteiger partial charge in [0, 0.05) is 15.2 Å². The molecule has 0 amide bonds. The molecule has 10 aromatic carbocycles. The van der Waals surface area contributed by atoms with Crippen LogP contribution in [-0.2, 0) is 0 Å². The molecule has 0 fully saturated rings. The van der Waals surface area contributed by atoms with Crippen LogP contribution in [0.4, 0.5) is 0 Å². The van der Waals surface area contributed by atoms with Gasteiger partial charge in [-0.1, -0.05) is 154 Å². The lowest BCUT2D eigenvalue weighted by atomic mass is 10.2. The Morgan fingerprint density at radius 2 is 0.653 bits per heavy atom. The summed E-state index contributed by atoms with van der Waals surface area (Å²) in [6, 6.07) is 70.3. The highest BCUT2D eigenvalue weighted by atomic mass is 32.1. The van der Waals surface area contributed by atoms with Gasteiger partial charge in [0.15, 0.2) is 14.9 Å². The van der Waals surface area contributed by atoms with E-state index in [-0.39, 0.29) is 5.56 Å². The molecule has 0 aliphatic rings. The first-order valence-electron chi connectivity index (χ1n) is 31.9. The highest BCUT2D eigenvalue weighted by Gasteiger charge is 2.25. The Bertz CT molecular complexity index is 6760. The van der Waals surface area contributed by atoms with Crippen LogP contribution in [-0.4, -0.2) is 72.7 Å². The van der Waals surface area contributed by atoms with Gasteiger partial charge < -0.3 is 13.3 Å². The Kier molecular flexibility index (Phi) is 11.5. The van der Waals surface area contributed by atoms with Gasteiger partial charge in [-0.15, -0.1) is 25.5 Å². The van der Waals surface area contributed by atoms with Crippen molar-refractivity contribution in [2.45, 2.75) is 27.6 Å².